The van der Waals surface area contributed by atoms with Gasteiger partial charge in [0.15, 0.2) is 0 Å². The number of aryl methyl sites for hydroxylation is 2. The fourth-order valence-corrected chi connectivity index (χ4v) is 1.00. The molecular formula is C9H15N3O2. The van der Waals surface area contributed by atoms with E-state index in [-0.39, 0.29) is 12.5 Å². The van der Waals surface area contributed by atoms with E-state index in [1.165, 1.54) is 0 Å². The highest BCUT2D eigenvalue weighted by Gasteiger charge is 2.10. The third-order valence-electron chi connectivity index (χ3n) is 1.90. The normalized spacial score (nSPS) is 12.6. The Bertz CT molecular complexity index is 311. The van der Waals surface area contributed by atoms with Crippen LogP contribution in [-0.2, 0) is 7.05 Å². The minimum Gasteiger partial charge on any atom is -0.392 e. The van der Waals surface area contributed by atoms with Crippen LogP contribution >= 0.6 is 0 Å². The van der Waals surface area contributed by atoms with Crippen molar-refractivity contribution in [2.45, 2.75) is 20.0 Å². The lowest BCUT2D eigenvalue weighted by atomic mass is 10.3. The molecule has 0 saturated carbocycles. The van der Waals surface area contributed by atoms with E-state index < -0.39 is 6.10 Å². The topological polar surface area (TPSA) is 67.2 Å². The summed E-state index contributed by atoms with van der Waals surface area (Å²) in [6.45, 7) is 3.73. The molecule has 1 aromatic rings. The van der Waals surface area contributed by atoms with E-state index in [2.05, 4.69) is 10.4 Å². The maximum Gasteiger partial charge on any atom is 0.271 e. The van der Waals surface area contributed by atoms with Gasteiger partial charge in [0.25, 0.3) is 5.91 Å². The SMILES string of the molecule is Cc1cc(C(=O)NC[C@H](C)O)nn1C. The van der Waals surface area contributed by atoms with Crippen molar-refractivity contribution in [2.75, 3.05) is 6.54 Å². The van der Waals surface area contributed by atoms with Gasteiger partial charge in [-0.15, -0.1) is 0 Å². The van der Waals surface area contributed by atoms with Crippen molar-refractivity contribution in [3.63, 3.8) is 0 Å². The van der Waals surface area contributed by atoms with Gasteiger partial charge < -0.3 is 10.4 Å². The third-order valence-corrected chi connectivity index (χ3v) is 1.90. The molecule has 0 radical (unpaired) electrons. The van der Waals surface area contributed by atoms with Gasteiger partial charge in [-0.25, -0.2) is 0 Å². The lowest BCUT2D eigenvalue weighted by Gasteiger charge is -2.04. The highest BCUT2D eigenvalue weighted by atomic mass is 16.3. The first kappa shape index (κ1) is 10.7. The van der Waals surface area contributed by atoms with E-state index in [1.807, 2.05) is 6.92 Å². The Morgan fingerprint density at radius 1 is 1.79 bits per heavy atom. The van der Waals surface area contributed by atoms with Crippen LogP contribution in [0.15, 0.2) is 6.07 Å². The molecule has 14 heavy (non-hydrogen) atoms. The highest BCUT2D eigenvalue weighted by Crippen LogP contribution is 2.00. The number of aliphatic hydroxyl groups excluding tert-OH is 1. The third kappa shape index (κ3) is 2.56. The molecule has 0 aliphatic carbocycles. The number of carbonyl (C=O) groups excluding carboxylic acids is 1. The van der Waals surface area contributed by atoms with Crippen molar-refractivity contribution in [3.05, 3.63) is 17.5 Å². The zero-order valence-electron chi connectivity index (χ0n) is 8.61. The number of nitrogens with one attached hydrogen (secondary N) is 1. The number of rotatable bonds is 3. The van der Waals surface area contributed by atoms with Gasteiger partial charge in [-0.05, 0) is 19.9 Å². The van der Waals surface area contributed by atoms with E-state index in [0.717, 1.165) is 5.69 Å². The second-order valence-electron chi connectivity index (χ2n) is 3.35. The average molecular weight is 197 g/mol. The Labute approximate surface area is 82.7 Å². The molecule has 2 N–H and O–H groups in total. The van der Waals surface area contributed by atoms with Gasteiger partial charge in [-0.3, -0.25) is 9.48 Å². The van der Waals surface area contributed by atoms with Gasteiger partial charge in [0.1, 0.15) is 5.69 Å². The largest absolute Gasteiger partial charge is 0.392 e. The van der Waals surface area contributed by atoms with Crippen LogP contribution in [0, 0.1) is 6.92 Å². The molecule has 78 valence electrons. The number of aliphatic hydroxyl groups is 1. The van der Waals surface area contributed by atoms with E-state index >= 15 is 0 Å². The molecule has 0 saturated heterocycles. The highest BCUT2D eigenvalue weighted by molar-refractivity contribution is 5.92. The second kappa shape index (κ2) is 4.23. The second-order valence-corrected chi connectivity index (χ2v) is 3.35. The Hall–Kier alpha value is -1.36. The maximum absolute atomic E-state index is 11.4. The molecule has 0 unspecified atom stereocenters. The van der Waals surface area contributed by atoms with Crippen LogP contribution < -0.4 is 5.32 Å². The van der Waals surface area contributed by atoms with E-state index in [1.54, 1.807) is 24.7 Å². The number of nitrogens with zero attached hydrogens (tertiary/aromatic N) is 2. The Morgan fingerprint density at radius 2 is 2.43 bits per heavy atom. The smallest absolute Gasteiger partial charge is 0.271 e. The molecule has 1 heterocycles. The van der Waals surface area contributed by atoms with Crippen molar-refractivity contribution in [3.8, 4) is 0 Å². The van der Waals surface area contributed by atoms with Crippen LogP contribution in [-0.4, -0.2) is 33.4 Å². The first-order valence-corrected chi connectivity index (χ1v) is 4.47. The van der Waals surface area contributed by atoms with Gasteiger partial charge in [-0.2, -0.15) is 5.10 Å². The molecular weight excluding hydrogens is 182 g/mol. The van der Waals surface area contributed by atoms with Crippen molar-refractivity contribution < 1.29 is 9.90 Å². The fraction of sp³-hybridized carbons (Fsp3) is 0.556. The van der Waals surface area contributed by atoms with E-state index in [9.17, 15) is 4.79 Å². The predicted molar refractivity (Wildman–Crippen MR) is 52.0 cm³/mol. The summed E-state index contributed by atoms with van der Waals surface area (Å²) in [6.07, 6.45) is -0.538. The van der Waals surface area contributed by atoms with Crippen LogP contribution in [0.2, 0.25) is 0 Å². The number of aromatic nitrogens is 2. The quantitative estimate of drug-likeness (QED) is 0.707. The molecule has 0 aliphatic rings. The number of hydrogen-bond acceptors (Lipinski definition) is 3. The molecule has 0 bridgehead atoms. The van der Waals surface area contributed by atoms with Crippen molar-refractivity contribution in [1.82, 2.24) is 15.1 Å². The Kier molecular flexibility index (Phi) is 3.24. The zero-order valence-corrected chi connectivity index (χ0v) is 8.61. The average Bonchev–Trinajstić information content (AvgIpc) is 2.43. The zero-order chi connectivity index (χ0) is 10.7. The summed E-state index contributed by atoms with van der Waals surface area (Å²) in [5.41, 5.74) is 1.30. The molecule has 0 aliphatic heterocycles. The molecule has 1 amide bonds. The molecule has 0 fully saturated rings. The standard InChI is InChI=1S/C9H15N3O2/c1-6-4-8(11-12(6)3)9(14)10-5-7(2)13/h4,7,13H,5H2,1-3H3,(H,10,14)/t7-/m0/s1. The first-order chi connectivity index (χ1) is 6.50. The van der Waals surface area contributed by atoms with Gasteiger partial charge in [0, 0.05) is 19.3 Å². The van der Waals surface area contributed by atoms with E-state index in [0.29, 0.717) is 5.69 Å². The summed E-state index contributed by atoms with van der Waals surface area (Å²) in [5, 5.41) is 15.6. The van der Waals surface area contributed by atoms with Crippen LogP contribution in [0.5, 0.6) is 0 Å². The molecule has 0 spiro atoms. The van der Waals surface area contributed by atoms with E-state index in [4.69, 9.17) is 5.11 Å². The van der Waals surface area contributed by atoms with Gasteiger partial charge in [0.05, 0.1) is 6.10 Å². The van der Waals surface area contributed by atoms with Crippen LogP contribution in [0.4, 0.5) is 0 Å². The molecule has 1 atom stereocenters. The maximum atomic E-state index is 11.4. The summed E-state index contributed by atoms with van der Waals surface area (Å²) in [6, 6.07) is 1.71. The van der Waals surface area contributed by atoms with Gasteiger partial charge in [0.2, 0.25) is 0 Å². The predicted octanol–water partition coefficient (Wildman–Crippen LogP) is -0.161. The molecule has 5 nitrogen and oxygen atoms in total. The lowest BCUT2D eigenvalue weighted by Crippen LogP contribution is -2.30. The summed E-state index contributed by atoms with van der Waals surface area (Å²) < 4.78 is 1.64. The Balaban J connectivity index is 2.61. The number of carbonyl (C=O) groups is 1. The minimum atomic E-state index is -0.538. The van der Waals surface area contributed by atoms with Crippen LogP contribution in [0.1, 0.15) is 23.1 Å². The van der Waals surface area contributed by atoms with Crippen molar-refractivity contribution in [1.29, 1.82) is 0 Å². The van der Waals surface area contributed by atoms with Crippen LogP contribution in [0.25, 0.3) is 0 Å². The molecule has 5 heteroatoms. The van der Waals surface area contributed by atoms with Crippen LogP contribution in [0.3, 0.4) is 0 Å². The van der Waals surface area contributed by atoms with Crippen molar-refractivity contribution in [2.24, 2.45) is 7.05 Å². The van der Waals surface area contributed by atoms with Gasteiger partial charge >= 0.3 is 0 Å². The molecule has 1 aromatic heterocycles. The summed E-state index contributed by atoms with van der Waals surface area (Å²) in [7, 11) is 1.78. The van der Waals surface area contributed by atoms with Crippen molar-refractivity contribution >= 4 is 5.91 Å². The molecule has 0 aromatic carbocycles. The molecule has 1 rings (SSSR count). The number of hydrogen-bond donors (Lipinski definition) is 2. The first-order valence-electron chi connectivity index (χ1n) is 4.47. The number of amides is 1. The van der Waals surface area contributed by atoms with Gasteiger partial charge in [-0.1, -0.05) is 0 Å². The minimum absolute atomic E-state index is 0.244. The summed E-state index contributed by atoms with van der Waals surface area (Å²) >= 11 is 0. The summed E-state index contributed by atoms with van der Waals surface area (Å²) in [4.78, 5) is 11.4. The lowest BCUT2D eigenvalue weighted by molar-refractivity contribution is 0.0918. The Morgan fingerprint density at radius 3 is 2.86 bits per heavy atom. The monoisotopic (exact) mass is 197 g/mol. The fourth-order valence-electron chi connectivity index (χ4n) is 1.00. The summed E-state index contributed by atoms with van der Waals surface area (Å²) in [5.74, 6) is -0.255.